The van der Waals surface area contributed by atoms with Crippen LogP contribution in [0.5, 0.6) is 28.7 Å². The largest absolute Gasteiger partial charge is 0.493 e. The van der Waals surface area contributed by atoms with E-state index in [-0.39, 0.29) is 12.1 Å². The zero-order valence-electron chi connectivity index (χ0n) is 15.4. The fourth-order valence-electron chi connectivity index (χ4n) is 2.72. The second kappa shape index (κ2) is 8.67. The minimum absolute atomic E-state index is 0.0341. The van der Waals surface area contributed by atoms with Crippen LogP contribution in [0.3, 0.4) is 0 Å². The fraction of sp³-hybridized carbons (Fsp3) is 0.400. The van der Waals surface area contributed by atoms with Gasteiger partial charge in [0.05, 0.1) is 14.2 Å². The SMILES string of the molecule is COc1cccc(OC)c1OC[C@@H](C)NC[C@@H]1COc2ccccc2O1. The van der Waals surface area contributed by atoms with E-state index in [1.54, 1.807) is 14.2 Å². The van der Waals surface area contributed by atoms with Crippen molar-refractivity contribution in [3.8, 4) is 28.7 Å². The summed E-state index contributed by atoms with van der Waals surface area (Å²) in [6.45, 7) is 3.72. The number of fused-ring (bicyclic) bond motifs is 1. The Hall–Kier alpha value is -2.60. The van der Waals surface area contributed by atoms with Gasteiger partial charge in [-0.15, -0.1) is 0 Å². The van der Waals surface area contributed by atoms with Gasteiger partial charge in [0.25, 0.3) is 0 Å². The van der Waals surface area contributed by atoms with E-state index in [1.165, 1.54) is 0 Å². The number of nitrogens with one attached hydrogen (secondary N) is 1. The second-order valence-corrected chi connectivity index (χ2v) is 6.11. The first kappa shape index (κ1) is 18.2. The molecule has 0 fully saturated rings. The Labute approximate surface area is 154 Å². The number of rotatable bonds is 8. The molecule has 2 atom stereocenters. The Balaban J connectivity index is 1.49. The number of para-hydroxylation sites is 3. The second-order valence-electron chi connectivity index (χ2n) is 6.11. The van der Waals surface area contributed by atoms with Crippen LogP contribution in [0.2, 0.25) is 0 Å². The summed E-state index contributed by atoms with van der Waals surface area (Å²) in [4.78, 5) is 0. The summed E-state index contributed by atoms with van der Waals surface area (Å²) in [5.41, 5.74) is 0. The molecule has 0 aliphatic carbocycles. The number of methoxy groups -OCH3 is 2. The van der Waals surface area contributed by atoms with Crippen LogP contribution in [0.4, 0.5) is 0 Å². The predicted molar refractivity (Wildman–Crippen MR) is 98.9 cm³/mol. The van der Waals surface area contributed by atoms with E-state index < -0.39 is 0 Å². The van der Waals surface area contributed by atoms with Crippen LogP contribution in [0.1, 0.15) is 6.92 Å². The minimum atomic E-state index is -0.0341. The average molecular weight is 359 g/mol. The van der Waals surface area contributed by atoms with E-state index in [0.29, 0.717) is 37.0 Å². The molecule has 0 amide bonds. The predicted octanol–water partition coefficient (Wildman–Crippen LogP) is 2.90. The van der Waals surface area contributed by atoms with Gasteiger partial charge in [0.2, 0.25) is 5.75 Å². The van der Waals surface area contributed by atoms with Gasteiger partial charge >= 0.3 is 0 Å². The molecule has 26 heavy (non-hydrogen) atoms. The maximum absolute atomic E-state index is 5.95. The highest BCUT2D eigenvalue weighted by atomic mass is 16.6. The Bertz CT molecular complexity index is 699. The average Bonchev–Trinajstić information content (AvgIpc) is 2.70. The van der Waals surface area contributed by atoms with Gasteiger partial charge in [-0.1, -0.05) is 18.2 Å². The zero-order chi connectivity index (χ0) is 18.4. The molecule has 0 bridgehead atoms. The van der Waals surface area contributed by atoms with Crippen molar-refractivity contribution in [2.45, 2.75) is 19.1 Å². The maximum atomic E-state index is 5.95. The summed E-state index contributed by atoms with van der Waals surface area (Å²) in [5, 5.41) is 3.42. The van der Waals surface area contributed by atoms with Crippen molar-refractivity contribution >= 4 is 0 Å². The number of hydrogen-bond donors (Lipinski definition) is 1. The van der Waals surface area contributed by atoms with Crippen molar-refractivity contribution in [3.05, 3.63) is 42.5 Å². The van der Waals surface area contributed by atoms with Gasteiger partial charge in [-0.05, 0) is 31.2 Å². The molecule has 0 saturated heterocycles. The van der Waals surface area contributed by atoms with Gasteiger partial charge in [-0.25, -0.2) is 0 Å². The van der Waals surface area contributed by atoms with Gasteiger partial charge in [0, 0.05) is 12.6 Å². The molecule has 3 rings (SSSR count). The Morgan fingerprint density at radius 1 is 1.04 bits per heavy atom. The third-order valence-electron chi connectivity index (χ3n) is 4.12. The molecule has 6 nitrogen and oxygen atoms in total. The molecule has 1 aliphatic rings. The first-order valence-electron chi connectivity index (χ1n) is 8.67. The third kappa shape index (κ3) is 4.32. The van der Waals surface area contributed by atoms with Crippen molar-refractivity contribution in [1.29, 1.82) is 0 Å². The standard InChI is InChI=1S/C20H25NO5/c1-14(12-25-20-18(22-2)9-6-10-19(20)23-3)21-11-15-13-24-16-7-4-5-8-17(16)26-15/h4-10,14-15,21H,11-13H2,1-3H3/t14-,15-/m1/s1. The molecule has 1 heterocycles. The van der Waals surface area contributed by atoms with E-state index in [2.05, 4.69) is 12.2 Å². The molecule has 2 aromatic carbocycles. The molecule has 1 aliphatic heterocycles. The summed E-state index contributed by atoms with van der Waals surface area (Å²) in [6, 6.07) is 13.4. The minimum Gasteiger partial charge on any atom is -0.493 e. The molecule has 2 aromatic rings. The number of hydrogen-bond acceptors (Lipinski definition) is 6. The zero-order valence-corrected chi connectivity index (χ0v) is 15.4. The summed E-state index contributed by atoms with van der Waals surface area (Å²) in [7, 11) is 3.23. The molecule has 0 saturated carbocycles. The lowest BCUT2D eigenvalue weighted by atomic mass is 10.2. The van der Waals surface area contributed by atoms with Crippen LogP contribution in [-0.4, -0.2) is 46.1 Å². The van der Waals surface area contributed by atoms with Crippen LogP contribution in [0, 0.1) is 0 Å². The van der Waals surface area contributed by atoms with E-state index in [0.717, 1.165) is 11.5 Å². The van der Waals surface area contributed by atoms with Gasteiger partial charge in [-0.2, -0.15) is 0 Å². The monoisotopic (exact) mass is 359 g/mol. The van der Waals surface area contributed by atoms with Crippen LogP contribution < -0.4 is 29.0 Å². The van der Waals surface area contributed by atoms with Crippen molar-refractivity contribution < 1.29 is 23.7 Å². The molecule has 0 spiro atoms. The highest BCUT2D eigenvalue weighted by Crippen LogP contribution is 2.36. The molecule has 0 radical (unpaired) electrons. The van der Waals surface area contributed by atoms with Gasteiger partial charge in [0.15, 0.2) is 23.0 Å². The molecule has 140 valence electrons. The van der Waals surface area contributed by atoms with Gasteiger partial charge in [0.1, 0.15) is 19.3 Å². The fourth-order valence-corrected chi connectivity index (χ4v) is 2.72. The van der Waals surface area contributed by atoms with Crippen molar-refractivity contribution in [3.63, 3.8) is 0 Å². The van der Waals surface area contributed by atoms with Crippen LogP contribution in [0.25, 0.3) is 0 Å². The highest BCUT2D eigenvalue weighted by molar-refractivity contribution is 5.51. The quantitative estimate of drug-likeness (QED) is 0.782. The van der Waals surface area contributed by atoms with Crippen molar-refractivity contribution in [2.24, 2.45) is 0 Å². The van der Waals surface area contributed by atoms with Gasteiger partial charge in [-0.3, -0.25) is 0 Å². The van der Waals surface area contributed by atoms with Crippen molar-refractivity contribution in [1.82, 2.24) is 5.32 Å². The van der Waals surface area contributed by atoms with Crippen LogP contribution in [-0.2, 0) is 0 Å². The van der Waals surface area contributed by atoms with Crippen LogP contribution >= 0.6 is 0 Å². The molecule has 6 heteroatoms. The molecule has 0 aromatic heterocycles. The Morgan fingerprint density at radius 2 is 1.73 bits per heavy atom. The molecular formula is C20H25NO5. The lowest BCUT2D eigenvalue weighted by Gasteiger charge is -2.27. The van der Waals surface area contributed by atoms with E-state index >= 15 is 0 Å². The third-order valence-corrected chi connectivity index (χ3v) is 4.12. The summed E-state index contributed by atoms with van der Waals surface area (Å²) < 4.78 is 28.3. The summed E-state index contributed by atoms with van der Waals surface area (Å²) in [6.07, 6.45) is -0.0341. The molecular weight excluding hydrogens is 334 g/mol. The number of ether oxygens (including phenoxy) is 5. The summed E-state index contributed by atoms with van der Waals surface area (Å²) in [5.74, 6) is 3.49. The lowest BCUT2D eigenvalue weighted by molar-refractivity contribution is 0.0867. The first-order chi connectivity index (χ1) is 12.7. The topological polar surface area (TPSA) is 58.2 Å². The normalized spacial score (nSPS) is 16.7. The molecule has 1 N–H and O–H groups in total. The maximum Gasteiger partial charge on any atom is 0.203 e. The highest BCUT2D eigenvalue weighted by Gasteiger charge is 2.21. The van der Waals surface area contributed by atoms with Gasteiger partial charge < -0.3 is 29.0 Å². The van der Waals surface area contributed by atoms with E-state index in [1.807, 2.05) is 42.5 Å². The van der Waals surface area contributed by atoms with Crippen LogP contribution in [0.15, 0.2) is 42.5 Å². The first-order valence-corrected chi connectivity index (χ1v) is 8.67. The Morgan fingerprint density at radius 3 is 2.42 bits per heavy atom. The Kier molecular flexibility index (Phi) is 6.07. The summed E-state index contributed by atoms with van der Waals surface area (Å²) >= 11 is 0. The molecule has 0 unspecified atom stereocenters. The van der Waals surface area contributed by atoms with E-state index in [9.17, 15) is 0 Å². The number of benzene rings is 2. The smallest absolute Gasteiger partial charge is 0.203 e. The lowest BCUT2D eigenvalue weighted by Crippen LogP contribution is -2.43. The van der Waals surface area contributed by atoms with E-state index in [4.69, 9.17) is 23.7 Å². The van der Waals surface area contributed by atoms with Crippen molar-refractivity contribution in [2.75, 3.05) is 34.0 Å².